The smallest absolute Gasteiger partial charge is 0.268 e. The summed E-state index contributed by atoms with van der Waals surface area (Å²) in [5, 5.41) is 0.822. The second-order valence-corrected chi connectivity index (χ2v) is 6.18. The Morgan fingerprint density at radius 2 is 2.19 bits per heavy atom. The maximum Gasteiger partial charge on any atom is 0.268 e. The molecule has 0 aliphatic heterocycles. The number of rotatable bonds is 3. The number of hydrogen-bond donors (Lipinski definition) is 0. The van der Waals surface area contributed by atoms with Crippen LogP contribution >= 0.6 is 27.5 Å². The van der Waals surface area contributed by atoms with Crippen molar-refractivity contribution < 1.29 is 0 Å². The highest BCUT2D eigenvalue weighted by molar-refractivity contribution is 9.10. The largest absolute Gasteiger partial charge is 0.268 e. The lowest BCUT2D eigenvalue weighted by Gasteiger charge is -2.02. The van der Waals surface area contributed by atoms with Gasteiger partial charge in [0.25, 0.3) is 5.56 Å². The summed E-state index contributed by atoms with van der Waals surface area (Å²) in [6.07, 6.45) is 1.05. The summed E-state index contributed by atoms with van der Waals surface area (Å²) in [5.41, 5.74) is 0.141. The summed E-state index contributed by atoms with van der Waals surface area (Å²) in [6, 6.07) is 5.78. The first kappa shape index (κ1) is 11.9. The summed E-state index contributed by atoms with van der Waals surface area (Å²) in [6.45, 7) is 5.17. The Hall–Kier alpha value is -0.610. The maximum atomic E-state index is 12.0. The maximum absolute atomic E-state index is 12.0. The molecule has 2 nitrogen and oxygen atoms in total. The third-order valence-corrected chi connectivity index (χ3v) is 4.65. The highest BCUT2D eigenvalue weighted by Gasteiger charge is 2.09. The van der Waals surface area contributed by atoms with Crippen molar-refractivity contribution in [2.45, 2.75) is 26.8 Å². The van der Waals surface area contributed by atoms with Crippen LogP contribution in [0.5, 0.6) is 0 Å². The molecular formula is C12H14BrNOS. The Labute approximate surface area is 107 Å². The second kappa shape index (κ2) is 4.72. The van der Waals surface area contributed by atoms with Gasteiger partial charge in [0.15, 0.2) is 0 Å². The Bertz CT molecular complexity index is 556. The van der Waals surface area contributed by atoms with Crippen molar-refractivity contribution in [3.8, 4) is 0 Å². The molecule has 0 spiro atoms. The fraction of sp³-hybridized carbons (Fsp3) is 0.417. The number of nitrogens with zero attached hydrogens (tertiary/aromatic N) is 1. The average Bonchev–Trinajstić information content (AvgIpc) is 2.55. The molecule has 1 aromatic heterocycles. The van der Waals surface area contributed by atoms with Crippen LogP contribution in [0, 0.1) is 5.92 Å². The Morgan fingerprint density at radius 1 is 1.44 bits per heavy atom. The topological polar surface area (TPSA) is 22.0 Å². The van der Waals surface area contributed by atoms with Gasteiger partial charge < -0.3 is 0 Å². The fourth-order valence-electron chi connectivity index (χ4n) is 1.58. The zero-order valence-corrected chi connectivity index (χ0v) is 11.8. The van der Waals surface area contributed by atoms with Crippen LogP contribution in [0.3, 0.4) is 0 Å². The quantitative estimate of drug-likeness (QED) is 0.843. The van der Waals surface area contributed by atoms with Gasteiger partial charge in [-0.3, -0.25) is 8.75 Å². The van der Waals surface area contributed by atoms with E-state index in [1.807, 2.05) is 22.2 Å². The lowest BCUT2D eigenvalue weighted by atomic mass is 10.1. The first-order valence-corrected chi connectivity index (χ1v) is 6.94. The summed E-state index contributed by atoms with van der Waals surface area (Å²) in [5.74, 6) is 0.626. The van der Waals surface area contributed by atoms with Crippen LogP contribution in [0.15, 0.2) is 27.5 Å². The summed E-state index contributed by atoms with van der Waals surface area (Å²) >= 11 is 5.03. The van der Waals surface area contributed by atoms with E-state index < -0.39 is 0 Å². The van der Waals surface area contributed by atoms with E-state index in [-0.39, 0.29) is 5.56 Å². The van der Waals surface area contributed by atoms with E-state index in [1.165, 1.54) is 0 Å². The van der Waals surface area contributed by atoms with Gasteiger partial charge >= 0.3 is 0 Å². The molecule has 0 amide bonds. The summed E-state index contributed by atoms with van der Waals surface area (Å²) in [7, 11) is 0. The van der Waals surface area contributed by atoms with E-state index in [2.05, 4.69) is 29.8 Å². The van der Waals surface area contributed by atoms with Crippen LogP contribution in [0.25, 0.3) is 10.1 Å². The SMILES string of the molecule is CC(C)CCn1sc2c(Br)cccc2c1=O. The predicted molar refractivity (Wildman–Crippen MR) is 73.2 cm³/mol. The molecule has 86 valence electrons. The minimum atomic E-state index is 0.141. The molecule has 0 saturated carbocycles. The molecule has 0 aliphatic rings. The van der Waals surface area contributed by atoms with Gasteiger partial charge in [-0.1, -0.05) is 31.4 Å². The van der Waals surface area contributed by atoms with Gasteiger partial charge in [0.05, 0.1) is 10.1 Å². The van der Waals surface area contributed by atoms with Crippen molar-refractivity contribution >= 4 is 37.5 Å². The average molecular weight is 300 g/mol. The number of halogens is 1. The molecule has 0 aliphatic carbocycles. The number of aryl methyl sites for hydroxylation is 1. The van der Waals surface area contributed by atoms with Gasteiger partial charge in [0.1, 0.15) is 0 Å². The number of aromatic nitrogens is 1. The standard InChI is InChI=1S/C12H14BrNOS/c1-8(2)6-7-14-12(15)9-4-3-5-10(13)11(9)16-14/h3-5,8H,6-7H2,1-2H3. The molecule has 0 N–H and O–H groups in total. The minimum Gasteiger partial charge on any atom is -0.268 e. The third-order valence-electron chi connectivity index (χ3n) is 2.53. The molecular weight excluding hydrogens is 286 g/mol. The molecule has 1 aromatic carbocycles. The lowest BCUT2D eigenvalue weighted by molar-refractivity contribution is 0.529. The van der Waals surface area contributed by atoms with E-state index in [9.17, 15) is 4.79 Å². The number of benzene rings is 1. The van der Waals surface area contributed by atoms with E-state index in [0.717, 1.165) is 27.5 Å². The molecule has 0 unspecified atom stereocenters. The van der Waals surface area contributed by atoms with E-state index in [4.69, 9.17) is 0 Å². The first-order chi connectivity index (χ1) is 7.59. The van der Waals surface area contributed by atoms with Crippen LogP contribution < -0.4 is 5.56 Å². The van der Waals surface area contributed by atoms with Crippen LogP contribution in [-0.4, -0.2) is 3.96 Å². The fourth-order valence-corrected chi connectivity index (χ4v) is 3.17. The Morgan fingerprint density at radius 3 is 2.81 bits per heavy atom. The highest BCUT2D eigenvalue weighted by Crippen LogP contribution is 2.26. The molecule has 4 heteroatoms. The van der Waals surface area contributed by atoms with Crippen LogP contribution in [-0.2, 0) is 6.54 Å². The zero-order valence-electron chi connectivity index (χ0n) is 9.37. The molecule has 0 saturated heterocycles. The normalized spacial score (nSPS) is 11.5. The van der Waals surface area contributed by atoms with Crippen molar-refractivity contribution in [2.75, 3.05) is 0 Å². The van der Waals surface area contributed by atoms with Crippen LogP contribution in [0.1, 0.15) is 20.3 Å². The van der Waals surface area contributed by atoms with Crippen molar-refractivity contribution in [3.05, 3.63) is 33.0 Å². The lowest BCUT2D eigenvalue weighted by Crippen LogP contribution is -2.13. The van der Waals surface area contributed by atoms with Gasteiger partial charge in [0, 0.05) is 11.0 Å². The molecule has 1 heterocycles. The monoisotopic (exact) mass is 299 g/mol. The van der Waals surface area contributed by atoms with Crippen molar-refractivity contribution in [1.29, 1.82) is 0 Å². The molecule has 2 rings (SSSR count). The van der Waals surface area contributed by atoms with Crippen LogP contribution in [0.2, 0.25) is 0 Å². The zero-order chi connectivity index (χ0) is 11.7. The number of hydrogen-bond acceptors (Lipinski definition) is 2. The van der Waals surface area contributed by atoms with Crippen molar-refractivity contribution in [3.63, 3.8) is 0 Å². The van der Waals surface area contributed by atoms with E-state index in [1.54, 1.807) is 11.5 Å². The second-order valence-electron chi connectivity index (χ2n) is 4.30. The minimum absolute atomic E-state index is 0.141. The Kier molecular flexibility index (Phi) is 3.50. The highest BCUT2D eigenvalue weighted by atomic mass is 79.9. The van der Waals surface area contributed by atoms with Crippen LogP contribution in [0.4, 0.5) is 0 Å². The van der Waals surface area contributed by atoms with Crippen molar-refractivity contribution in [1.82, 2.24) is 3.96 Å². The van der Waals surface area contributed by atoms with Gasteiger partial charge in [-0.05, 0) is 40.4 Å². The molecule has 0 bridgehead atoms. The van der Waals surface area contributed by atoms with Gasteiger partial charge in [-0.2, -0.15) is 0 Å². The molecule has 16 heavy (non-hydrogen) atoms. The van der Waals surface area contributed by atoms with E-state index >= 15 is 0 Å². The predicted octanol–water partition coefficient (Wildman–Crippen LogP) is 3.87. The molecule has 0 atom stereocenters. The summed E-state index contributed by atoms with van der Waals surface area (Å²) in [4.78, 5) is 12.0. The molecule has 0 fully saturated rings. The summed E-state index contributed by atoms with van der Waals surface area (Å²) < 4.78 is 3.92. The van der Waals surface area contributed by atoms with E-state index in [0.29, 0.717) is 5.92 Å². The Balaban J connectivity index is 2.44. The molecule has 2 aromatic rings. The van der Waals surface area contributed by atoms with Crippen molar-refractivity contribution in [2.24, 2.45) is 5.92 Å². The number of fused-ring (bicyclic) bond motifs is 1. The third kappa shape index (κ3) is 2.23. The van der Waals surface area contributed by atoms with Gasteiger partial charge in [0.2, 0.25) is 0 Å². The van der Waals surface area contributed by atoms with Gasteiger partial charge in [-0.15, -0.1) is 0 Å². The first-order valence-electron chi connectivity index (χ1n) is 5.38. The van der Waals surface area contributed by atoms with Gasteiger partial charge in [-0.25, -0.2) is 0 Å². The molecule has 0 radical (unpaired) electrons.